The number of aliphatic hydroxyl groups is 1. The quantitative estimate of drug-likeness (QED) is 0.918. The van der Waals surface area contributed by atoms with Gasteiger partial charge in [-0.3, -0.25) is 4.90 Å². The van der Waals surface area contributed by atoms with E-state index < -0.39 is 0 Å². The fourth-order valence-electron chi connectivity index (χ4n) is 3.03. The first-order valence-electron chi connectivity index (χ1n) is 7.31. The van der Waals surface area contributed by atoms with Gasteiger partial charge in [0.15, 0.2) is 0 Å². The maximum absolute atomic E-state index is 9.78. The highest BCUT2D eigenvalue weighted by molar-refractivity contribution is 5.32. The first kappa shape index (κ1) is 14.3. The van der Waals surface area contributed by atoms with Crippen molar-refractivity contribution in [2.45, 2.75) is 25.6 Å². The van der Waals surface area contributed by atoms with E-state index in [2.05, 4.69) is 23.1 Å². The zero-order valence-electron chi connectivity index (χ0n) is 12.3. The lowest BCUT2D eigenvalue weighted by Crippen LogP contribution is -2.36. The highest BCUT2D eigenvalue weighted by Gasteiger charge is 2.27. The van der Waals surface area contributed by atoms with Crippen LogP contribution in [0.15, 0.2) is 40.8 Å². The first-order chi connectivity index (χ1) is 10.3. The Balaban J connectivity index is 1.76. The fraction of sp³-hybridized carbons (Fsp3) is 0.412. The number of hydrogen-bond acceptors (Lipinski definition) is 4. The second-order valence-electron chi connectivity index (χ2n) is 5.42. The number of rotatable bonds is 5. The monoisotopic (exact) mass is 287 g/mol. The molecule has 1 aromatic heterocycles. The molecule has 0 radical (unpaired) electrons. The third-order valence-electron chi connectivity index (χ3n) is 4.06. The Labute approximate surface area is 124 Å². The van der Waals surface area contributed by atoms with E-state index >= 15 is 0 Å². The Kier molecular flexibility index (Phi) is 4.39. The number of fused-ring (bicyclic) bond motifs is 1. The maximum Gasteiger partial charge on any atom is 0.129 e. The summed E-state index contributed by atoms with van der Waals surface area (Å²) in [7, 11) is 1.66. The molecule has 0 saturated carbocycles. The lowest BCUT2D eigenvalue weighted by atomic mass is 9.93. The van der Waals surface area contributed by atoms with Crippen molar-refractivity contribution in [2.24, 2.45) is 0 Å². The molecule has 4 heteroatoms. The third kappa shape index (κ3) is 3.02. The molecule has 0 fully saturated rings. The van der Waals surface area contributed by atoms with Crippen LogP contribution in [0.3, 0.4) is 0 Å². The molecule has 0 bridgehead atoms. The van der Waals surface area contributed by atoms with Gasteiger partial charge in [-0.25, -0.2) is 0 Å². The van der Waals surface area contributed by atoms with Crippen LogP contribution in [0.5, 0.6) is 0 Å². The van der Waals surface area contributed by atoms with E-state index in [4.69, 9.17) is 9.15 Å². The lowest BCUT2D eigenvalue weighted by Gasteiger charge is -2.35. The summed E-state index contributed by atoms with van der Waals surface area (Å²) in [5.41, 5.74) is 2.57. The molecular weight excluding hydrogens is 266 g/mol. The zero-order chi connectivity index (χ0) is 14.7. The van der Waals surface area contributed by atoms with E-state index in [1.165, 1.54) is 11.1 Å². The molecule has 0 amide bonds. The third-order valence-corrected chi connectivity index (χ3v) is 4.06. The minimum atomic E-state index is 0.0472. The zero-order valence-corrected chi connectivity index (χ0v) is 12.3. The van der Waals surface area contributed by atoms with Gasteiger partial charge in [0.2, 0.25) is 0 Å². The standard InChI is InChI=1S/C17H21NO3/c1-20-12-15-7-6-14(21-15)10-18-9-8-13-4-2-3-5-16(13)17(18)11-19/h2-7,17,19H,8-12H2,1H3. The molecule has 3 rings (SSSR count). The highest BCUT2D eigenvalue weighted by atomic mass is 16.5. The maximum atomic E-state index is 9.78. The molecule has 1 aliphatic rings. The summed E-state index contributed by atoms with van der Waals surface area (Å²) in [6, 6.07) is 12.3. The molecule has 1 aromatic carbocycles. The first-order valence-corrected chi connectivity index (χ1v) is 7.31. The van der Waals surface area contributed by atoms with Crippen molar-refractivity contribution < 1.29 is 14.3 Å². The Morgan fingerprint density at radius 1 is 1.24 bits per heavy atom. The van der Waals surface area contributed by atoms with Gasteiger partial charge in [-0.1, -0.05) is 24.3 Å². The molecule has 1 N–H and O–H groups in total. The summed E-state index contributed by atoms with van der Waals surface area (Å²) >= 11 is 0. The minimum Gasteiger partial charge on any atom is -0.462 e. The van der Waals surface area contributed by atoms with Crippen LogP contribution in [0.4, 0.5) is 0 Å². The number of methoxy groups -OCH3 is 1. The molecular formula is C17H21NO3. The van der Waals surface area contributed by atoms with Gasteiger partial charge in [-0.05, 0) is 29.7 Å². The van der Waals surface area contributed by atoms with Crippen molar-refractivity contribution in [2.75, 3.05) is 20.3 Å². The normalized spacial score (nSPS) is 18.7. The Morgan fingerprint density at radius 2 is 2.05 bits per heavy atom. The van der Waals surface area contributed by atoms with Crippen LogP contribution >= 0.6 is 0 Å². The van der Waals surface area contributed by atoms with Crippen molar-refractivity contribution in [1.82, 2.24) is 4.90 Å². The topological polar surface area (TPSA) is 45.8 Å². The Bertz CT molecular complexity index is 593. The van der Waals surface area contributed by atoms with Gasteiger partial charge < -0.3 is 14.3 Å². The molecule has 2 heterocycles. The van der Waals surface area contributed by atoms with Crippen LogP contribution in [0.1, 0.15) is 28.7 Å². The average Bonchev–Trinajstić information content (AvgIpc) is 2.95. The molecule has 0 aliphatic carbocycles. The molecule has 0 spiro atoms. The predicted molar refractivity (Wildman–Crippen MR) is 79.8 cm³/mol. The van der Waals surface area contributed by atoms with Gasteiger partial charge in [0, 0.05) is 13.7 Å². The Morgan fingerprint density at radius 3 is 2.86 bits per heavy atom. The summed E-state index contributed by atoms with van der Waals surface area (Å²) in [6.07, 6.45) is 1.01. The smallest absolute Gasteiger partial charge is 0.129 e. The number of nitrogens with zero attached hydrogens (tertiary/aromatic N) is 1. The van der Waals surface area contributed by atoms with E-state index in [0.717, 1.165) is 24.5 Å². The van der Waals surface area contributed by atoms with Crippen LogP contribution in [-0.4, -0.2) is 30.3 Å². The lowest BCUT2D eigenvalue weighted by molar-refractivity contribution is 0.0987. The van der Waals surface area contributed by atoms with Crippen LogP contribution in [0, 0.1) is 0 Å². The van der Waals surface area contributed by atoms with Crippen LogP contribution in [0.25, 0.3) is 0 Å². The highest BCUT2D eigenvalue weighted by Crippen LogP contribution is 2.30. The Hall–Kier alpha value is -1.62. The number of ether oxygens (including phenoxy) is 1. The number of aliphatic hydroxyl groups excluding tert-OH is 1. The molecule has 4 nitrogen and oxygen atoms in total. The molecule has 1 unspecified atom stereocenters. The van der Waals surface area contributed by atoms with Gasteiger partial charge >= 0.3 is 0 Å². The minimum absolute atomic E-state index is 0.0472. The van der Waals surface area contributed by atoms with Crippen LogP contribution < -0.4 is 0 Å². The van der Waals surface area contributed by atoms with Gasteiger partial charge in [-0.15, -0.1) is 0 Å². The summed E-state index contributed by atoms with van der Waals surface area (Å²) < 4.78 is 10.8. The van der Waals surface area contributed by atoms with Crippen molar-refractivity contribution >= 4 is 0 Å². The summed E-state index contributed by atoms with van der Waals surface area (Å²) in [5, 5.41) is 9.78. The van der Waals surface area contributed by atoms with Crippen LogP contribution in [0.2, 0.25) is 0 Å². The summed E-state index contributed by atoms with van der Waals surface area (Å²) in [6.45, 7) is 2.26. The second-order valence-corrected chi connectivity index (χ2v) is 5.42. The fourth-order valence-corrected chi connectivity index (χ4v) is 3.03. The molecule has 1 atom stereocenters. The van der Waals surface area contributed by atoms with Gasteiger partial charge in [0.25, 0.3) is 0 Å². The SMILES string of the molecule is COCc1ccc(CN2CCc3ccccc3C2CO)o1. The number of hydrogen-bond donors (Lipinski definition) is 1. The van der Waals surface area contributed by atoms with Gasteiger partial charge in [-0.2, -0.15) is 0 Å². The van der Waals surface area contributed by atoms with Crippen molar-refractivity contribution in [3.63, 3.8) is 0 Å². The average molecular weight is 287 g/mol. The van der Waals surface area contributed by atoms with Crippen LogP contribution in [-0.2, 0) is 24.3 Å². The molecule has 0 saturated heterocycles. The van der Waals surface area contributed by atoms with E-state index in [-0.39, 0.29) is 12.6 Å². The van der Waals surface area contributed by atoms with Crippen molar-refractivity contribution in [3.05, 3.63) is 59.0 Å². The van der Waals surface area contributed by atoms with Crippen molar-refractivity contribution in [3.8, 4) is 0 Å². The molecule has 112 valence electrons. The summed E-state index contributed by atoms with van der Waals surface area (Å²) in [4.78, 5) is 2.28. The molecule has 2 aromatic rings. The largest absolute Gasteiger partial charge is 0.462 e. The van der Waals surface area contributed by atoms with E-state index in [1.807, 2.05) is 18.2 Å². The molecule has 1 aliphatic heterocycles. The van der Waals surface area contributed by atoms with E-state index in [0.29, 0.717) is 13.2 Å². The summed E-state index contributed by atoms with van der Waals surface area (Å²) in [5.74, 6) is 1.75. The van der Waals surface area contributed by atoms with E-state index in [9.17, 15) is 5.11 Å². The predicted octanol–water partition coefficient (Wildman–Crippen LogP) is 2.52. The second kappa shape index (κ2) is 6.43. The number of benzene rings is 1. The molecule has 21 heavy (non-hydrogen) atoms. The van der Waals surface area contributed by atoms with Gasteiger partial charge in [0.1, 0.15) is 18.1 Å². The van der Waals surface area contributed by atoms with Crippen molar-refractivity contribution in [1.29, 1.82) is 0 Å². The number of furan rings is 1. The van der Waals surface area contributed by atoms with Gasteiger partial charge in [0.05, 0.1) is 19.2 Å². The van der Waals surface area contributed by atoms with E-state index in [1.54, 1.807) is 7.11 Å².